The summed E-state index contributed by atoms with van der Waals surface area (Å²) in [4.78, 5) is 29.3. The van der Waals surface area contributed by atoms with Crippen molar-refractivity contribution >= 4 is 11.8 Å². The molecule has 1 aliphatic rings. The van der Waals surface area contributed by atoms with Gasteiger partial charge >= 0.3 is 0 Å². The zero-order valence-corrected chi connectivity index (χ0v) is 16.7. The molecule has 0 aromatic heterocycles. The number of carbonyl (C=O) groups excluding carboxylic acids is 2. The van der Waals surface area contributed by atoms with E-state index < -0.39 is 5.92 Å². The largest absolute Gasteiger partial charge is 0.496 e. The number of hydrogen-bond donors (Lipinski definition) is 1. The fourth-order valence-electron chi connectivity index (χ4n) is 3.51. The van der Waals surface area contributed by atoms with Gasteiger partial charge in [0.25, 0.3) is 0 Å². The van der Waals surface area contributed by atoms with Crippen LogP contribution >= 0.6 is 0 Å². The normalized spacial score (nSPS) is 19.6. The average Bonchev–Trinajstić information content (AvgIpc) is 2.99. The van der Waals surface area contributed by atoms with Crippen molar-refractivity contribution in [1.29, 1.82) is 0 Å². The second kappa shape index (κ2) is 10.3. The lowest BCUT2D eigenvalue weighted by molar-refractivity contribution is -0.129. The van der Waals surface area contributed by atoms with E-state index in [1.807, 2.05) is 38.4 Å². The summed E-state index contributed by atoms with van der Waals surface area (Å²) in [7, 11) is 7.21. The van der Waals surface area contributed by atoms with Crippen LogP contribution in [0, 0.1) is 5.92 Å². The van der Waals surface area contributed by atoms with Crippen LogP contribution in [0.1, 0.15) is 24.4 Å². The van der Waals surface area contributed by atoms with Gasteiger partial charge in [0, 0.05) is 32.2 Å². The van der Waals surface area contributed by atoms with Crippen molar-refractivity contribution in [1.82, 2.24) is 15.1 Å². The maximum Gasteiger partial charge on any atom is 0.226 e. The molecule has 1 heterocycles. The molecule has 150 valence electrons. The molecule has 2 rings (SSSR count). The monoisotopic (exact) mass is 377 g/mol. The summed E-state index contributed by atoms with van der Waals surface area (Å²) in [5.41, 5.74) is 0.857. The third kappa shape index (κ3) is 5.43. The van der Waals surface area contributed by atoms with Gasteiger partial charge in [-0.25, -0.2) is 0 Å². The summed E-state index contributed by atoms with van der Waals surface area (Å²) in [5, 5.41) is 3.00. The van der Waals surface area contributed by atoms with Crippen molar-refractivity contribution in [2.75, 3.05) is 54.6 Å². The Labute approximate surface area is 161 Å². The first-order chi connectivity index (χ1) is 13.0. The van der Waals surface area contributed by atoms with Gasteiger partial charge in [0.1, 0.15) is 5.75 Å². The fourth-order valence-corrected chi connectivity index (χ4v) is 3.51. The number of nitrogens with zero attached hydrogens (tertiary/aromatic N) is 2. The van der Waals surface area contributed by atoms with Crippen molar-refractivity contribution < 1.29 is 19.1 Å². The molecule has 0 radical (unpaired) electrons. The van der Waals surface area contributed by atoms with Crippen molar-refractivity contribution in [2.24, 2.45) is 5.92 Å². The number of amides is 2. The van der Waals surface area contributed by atoms with Crippen LogP contribution in [0.3, 0.4) is 0 Å². The number of methoxy groups -OCH3 is 2. The number of benzene rings is 1. The van der Waals surface area contributed by atoms with Gasteiger partial charge in [-0.3, -0.25) is 9.59 Å². The van der Waals surface area contributed by atoms with E-state index in [1.165, 1.54) is 0 Å². The predicted molar refractivity (Wildman–Crippen MR) is 104 cm³/mol. The van der Waals surface area contributed by atoms with Gasteiger partial charge in [0.05, 0.1) is 25.7 Å². The Hall–Kier alpha value is -2.12. The van der Waals surface area contributed by atoms with E-state index >= 15 is 0 Å². The van der Waals surface area contributed by atoms with Crippen LogP contribution in [0.25, 0.3) is 0 Å². The van der Waals surface area contributed by atoms with Crippen molar-refractivity contribution in [3.8, 4) is 5.75 Å². The first-order valence-electron chi connectivity index (χ1n) is 9.33. The molecule has 1 aromatic carbocycles. The lowest BCUT2D eigenvalue weighted by Crippen LogP contribution is -2.37. The number of ether oxygens (including phenoxy) is 2. The maximum absolute atomic E-state index is 12.9. The van der Waals surface area contributed by atoms with Gasteiger partial charge in [-0.2, -0.15) is 0 Å². The zero-order chi connectivity index (χ0) is 19.8. The Kier molecular flexibility index (Phi) is 8.06. The number of para-hydroxylation sites is 1. The predicted octanol–water partition coefficient (Wildman–Crippen LogP) is 1.30. The first-order valence-corrected chi connectivity index (χ1v) is 9.33. The van der Waals surface area contributed by atoms with Crippen LogP contribution in [-0.2, 0) is 14.3 Å². The van der Waals surface area contributed by atoms with Gasteiger partial charge in [0.2, 0.25) is 11.8 Å². The number of rotatable bonds is 10. The van der Waals surface area contributed by atoms with E-state index in [4.69, 9.17) is 9.47 Å². The summed E-state index contributed by atoms with van der Waals surface area (Å²) in [6.07, 6.45) is 1.07. The van der Waals surface area contributed by atoms with Crippen LogP contribution in [0.4, 0.5) is 0 Å². The molecular formula is C20H31N3O4. The molecule has 7 heteroatoms. The molecular weight excluding hydrogens is 346 g/mol. The SMILES string of the molecule is COCCN1C(=O)C[C@@H](C(=O)NCCCN(C)C)[C@@H]1c1ccccc1OC. The maximum atomic E-state index is 12.9. The quantitative estimate of drug-likeness (QED) is 0.623. The molecule has 0 unspecified atom stereocenters. The van der Waals surface area contributed by atoms with Crippen LogP contribution in [0.5, 0.6) is 5.75 Å². The van der Waals surface area contributed by atoms with Crippen molar-refractivity contribution in [3.05, 3.63) is 29.8 Å². The zero-order valence-electron chi connectivity index (χ0n) is 16.7. The molecule has 0 bridgehead atoms. The van der Waals surface area contributed by atoms with Gasteiger partial charge < -0.3 is 24.6 Å². The van der Waals surface area contributed by atoms with Crippen LogP contribution in [0.15, 0.2) is 24.3 Å². The Balaban J connectivity index is 2.20. The van der Waals surface area contributed by atoms with E-state index in [0.717, 1.165) is 18.5 Å². The Bertz CT molecular complexity index is 635. The summed E-state index contributed by atoms with van der Waals surface area (Å²) < 4.78 is 10.7. The first kappa shape index (κ1) is 21.2. The van der Waals surface area contributed by atoms with Gasteiger partial charge in [-0.15, -0.1) is 0 Å². The highest BCUT2D eigenvalue weighted by molar-refractivity contribution is 5.90. The summed E-state index contributed by atoms with van der Waals surface area (Å²) >= 11 is 0. The van der Waals surface area contributed by atoms with E-state index in [0.29, 0.717) is 25.4 Å². The molecule has 0 saturated carbocycles. The molecule has 2 amide bonds. The number of hydrogen-bond acceptors (Lipinski definition) is 5. The van der Waals surface area contributed by atoms with Crippen molar-refractivity contribution in [2.45, 2.75) is 18.9 Å². The van der Waals surface area contributed by atoms with E-state index in [2.05, 4.69) is 10.2 Å². The smallest absolute Gasteiger partial charge is 0.226 e. The summed E-state index contributed by atoms with van der Waals surface area (Å²) in [6, 6.07) is 7.22. The minimum absolute atomic E-state index is 0.0311. The molecule has 2 atom stereocenters. The minimum Gasteiger partial charge on any atom is -0.496 e. The second-order valence-corrected chi connectivity index (χ2v) is 7.03. The third-order valence-electron chi connectivity index (χ3n) is 4.84. The highest BCUT2D eigenvalue weighted by atomic mass is 16.5. The number of carbonyl (C=O) groups is 2. The van der Waals surface area contributed by atoms with Crippen molar-refractivity contribution in [3.63, 3.8) is 0 Å². The molecule has 1 N–H and O–H groups in total. The Morgan fingerprint density at radius 2 is 2.04 bits per heavy atom. The molecule has 7 nitrogen and oxygen atoms in total. The molecule has 1 aliphatic heterocycles. The molecule has 1 aromatic rings. The van der Waals surface area contributed by atoms with Gasteiger partial charge in [0.15, 0.2) is 0 Å². The third-order valence-corrected chi connectivity index (χ3v) is 4.84. The van der Waals surface area contributed by atoms with Gasteiger partial charge in [-0.1, -0.05) is 18.2 Å². The van der Waals surface area contributed by atoms with E-state index in [1.54, 1.807) is 19.1 Å². The number of likely N-dealkylation sites (tertiary alicyclic amines) is 1. The standard InChI is InChI=1S/C20H31N3O4/c1-22(2)11-7-10-21-20(25)16-14-18(24)23(12-13-26-3)19(16)15-8-5-6-9-17(15)27-4/h5-6,8-9,16,19H,7,10-14H2,1-4H3,(H,21,25)/t16-,19+/m1/s1. The second-order valence-electron chi connectivity index (χ2n) is 7.03. The fraction of sp³-hybridized carbons (Fsp3) is 0.600. The van der Waals surface area contributed by atoms with Crippen LogP contribution < -0.4 is 10.1 Å². The minimum atomic E-state index is -0.440. The summed E-state index contributed by atoms with van der Waals surface area (Å²) in [6.45, 7) is 2.37. The van der Waals surface area contributed by atoms with E-state index in [-0.39, 0.29) is 24.3 Å². The lowest BCUT2D eigenvalue weighted by atomic mass is 9.92. The van der Waals surface area contributed by atoms with Crippen LogP contribution in [0.2, 0.25) is 0 Å². The molecule has 1 fully saturated rings. The van der Waals surface area contributed by atoms with E-state index in [9.17, 15) is 9.59 Å². The lowest BCUT2D eigenvalue weighted by Gasteiger charge is -2.29. The molecule has 0 aliphatic carbocycles. The highest BCUT2D eigenvalue weighted by Gasteiger charge is 2.45. The Morgan fingerprint density at radius 3 is 2.70 bits per heavy atom. The molecule has 0 spiro atoms. The highest BCUT2D eigenvalue weighted by Crippen LogP contribution is 2.41. The molecule has 1 saturated heterocycles. The number of nitrogens with one attached hydrogen (secondary N) is 1. The van der Waals surface area contributed by atoms with Crippen LogP contribution in [-0.4, -0.2) is 76.2 Å². The topological polar surface area (TPSA) is 71.1 Å². The Morgan fingerprint density at radius 1 is 1.30 bits per heavy atom. The van der Waals surface area contributed by atoms with Gasteiger partial charge in [-0.05, 0) is 33.1 Å². The molecule has 27 heavy (non-hydrogen) atoms. The average molecular weight is 377 g/mol. The summed E-state index contributed by atoms with van der Waals surface area (Å²) in [5.74, 6) is 0.129.